The van der Waals surface area contributed by atoms with Gasteiger partial charge in [0, 0.05) is 5.54 Å². The van der Waals surface area contributed by atoms with Gasteiger partial charge in [0.05, 0.1) is 6.04 Å². The highest BCUT2D eigenvalue weighted by molar-refractivity contribution is 5.81. The maximum atomic E-state index is 11.2. The Hall–Kier alpha value is -1.35. The van der Waals surface area contributed by atoms with Crippen molar-refractivity contribution in [3.05, 3.63) is 35.9 Å². The summed E-state index contributed by atoms with van der Waals surface area (Å²) in [5.74, 6) is 0.852. The Labute approximate surface area is 101 Å². The Morgan fingerprint density at radius 1 is 1.47 bits per heavy atom. The zero-order valence-electron chi connectivity index (χ0n) is 10.0. The number of nitrogens with one attached hydrogen (secondary N) is 1. The van der Waals surface area contributed by atoms with E-state index in [2.05, 4.69) is 36.5 Å². The maximum absolute atomic E-state index is 11.2. The second-order valence-electron chi connectivity index (χ2n) is 5.41. The molecule has 90 valence electrons. The van der Waals surface area contributed by atoms with Crippen LogP contribution >= 0.6 is 0 Å². The van der Waals surface area contributed by atoms with Crippen LogP contribution in [0.15, 0.2) is 30.3 Å². The van der Waals surface area contributed by atoms with Crippen LogP contribution in [0.2, 0.25) is 0 Å². The average molecular weight is 230 g/mol. The predicted octanol–water partition coefficient (Wildman–Crippen LogP) is 1.40. The standard InChI is InChI=1S/C14H18N2O/c1-9(10-5-3-2-4-6-10)14-8-11(14)7-12(16-14)13(15)17/h2-6,9,11-12,16H,7-8H2,1H3,(H2,15,17)/t9-,11?,12?,14?/m1/s1. The number of piperidine rings is 1. The minimum atomic E-state index is -0.211. The molecule has 2 aliphatic rings. The molecule has 1 aliphatic carbocycles. The van der Waals surface area contributed by atoms with Crippen LogP contribution in [-0.2, 0) is 4.79 Å². The summed E-state index contributed by atoms with van der Waals surface area (Å²) in [4.78, 5) is 11.2. The first-order chi connectivity index (χ1) is 8.13. The van der Waals surface area contributed by atoms with E-state index in [9.17, 15) is 4.79 Å². The molecular weight excluding hydrogens is 212 g/mol. The van der Waals surface area contributed by atoms with Crippen molar-refractivity contribution in [2.24, 2.45) is 11.7 Å². The summed E-state index contributed by atoms with van der Waals surface area (Å²) in [7, 11) is 0. The Morgan fingerprint density at radius 3 is 2.76 bits per heavy atom. The van der Waals surface area contributed by atoms with Crippen molar-refractivity contribution in [1.82, 2.24) is 5.32 Å². The van der Waals surface area contributed by atoms with Crippen molar-refractivity contribution in [3.63, 3.8) is 0 Å². The summed E-state index contributed by atoms with van der Waals surface area (Å²) >= 11 is 0. The third kappa shape index (κ3) is 1.57. The van der Waals surface area contributed by atoms with E-state index in [-0.39, 0.29) is 17.5 Å². The molecule has 0 radical (unpaired) electrons. The number of rotatable bonds is 3. The number of fused-ring (bicyclic) bond motifs is 1. The maximum Gasteiger partial charge on any atom is 0.234 e. The number of amides is 1. The van der Waals surface area contributed by atoms with E-state index in [1.165, 1.54) is 12.0 Å². The Bertz CT molecular complexity index is 445. The number of carbonyl (C=O) groups excluding carboxylic acids is 1. The predicted molar refractivity (Wildman–Crippen MR) is 66.4 cm³/mol. The van der Waals surface area contributed by atoms with Gasteiger partial charge in [-0.05, 0) is 30.2 Å². The molecule has 1 aliphatic heterocycles. The minimum absolute atomic E-state index is 0.125. The van der Waals surface area contributed by atoms with Gasteiger partial charge in [0.2, 0.25) is 5.91 Å². The number of primary amides is 1. The van der Waals surface area contributed by atoms with Crippen LogP contribution in [0.3, 0.4) is 0 Å². The Morgan fingerprint density at radius 2 is 2.18 bits per heavy atom. The Kier molecular flexibility index (Phi) is 2.26. The lowest BCUT2D eigenvalue weighted by molar-refractivity contribution is -0.120. The van der Waals surface area contributed by atoms with Crippen molar-refractivity contribution >= 4 is 5.91 Å². The molecule has 2 fully saturated rings. The third-order valence-corrected chi connectivity index (χ3v) is 4.53. The number of carbonyl (C=O) groups is 1. The fourth-order valence-corrected chi connectivity index (χ4v) is 3.37. The molecule has 4 atom stereocenters. The molecule has 1 heterocycles. The second kappa shape index (κ2) is 3.57. The molecule has 3 rings (SSSR count). The van der Waals surface area contributed by atoms with Crippen LogP contribution < -0.4 is 11.1 Å². The lowest BCUT2D eigenvalue weighted by atomic mass is 9.90. The normalized spacial score (nSPS) is 36.3. The number of benzene rings is 1. The zero-order valence-corrected chi connectivity index (χ0v) is 10.0. The highest BCUT2D eigenvalue weighted by atomic mass is 16.1. The first-order valence-electron chi connectivity index (χ1n) is 6.25. The van der Waals surface area contributed by atoms with E-state index in [1.54, 1.807) is 0 Å². The van der Waals surface area contributed by atoms with Crippen LogP contribution in [0.4, 0.5) is 0 Å². The van der Waals surface area contributed by atoms with E-state index < -0.39 is 0 Å². The van der Waals surface area contributed by atoms with Crippen molar-refractivity contribution in [1.29, 1.82) is 0 Å². The van der Waals surface area contributed by atoms with Gasteiger partial charge in [-0.3, -0.25) is 10.1 Å². The quantitative estimate of drug-likeness (QED) is 0.824. The SMILES string of the molecule is C[C@H](c1ccccc1)C12CC1CC(C(N)=O)N2. The highest BCUT2D eigenvalue weighted by Crippen LogP contribution is 2.58. The van der Waals surface area contributed by atoms with Gasteiger partial charge in [-0.15, -0.1) is 0 Å². The molecule has 3 unspecified atom stereocenters. The van der Waals surface area contributed by atoms with E-state index in [1.807, 2.05) is 6.07 Å². The van der Waals surface area contributed by atoms with Crippen LogP contribution in [-0.4, -0.2) is 17.5 Å². The lowest BCUT2D eigenvalue weighted by Crippen LogP contribution is -2.45. The molecule has 1 saturated carbocycles. The number of nitrogens with two attached hydrogens (primary N) is 1. The molecule has 3 heteroatoms. The van der Waals surface area contributed by atoms with Gasteiger partial charge in [0.15, 0.2) is 0 Å². The summed E-state index contributed by atoms with van der Waals surface area (Å²) in [6.07, 6.45) is 2.08. The topological polar surface area (TPSA) is 55.1 Å². The summed E-state index contributed by atoms with van der Waals surface area (Å²) in [6, 6.07) is 10.4. The minimum Gasteiger partial charge on any atom is -0.368 e. The van der Waals surface area contributed by atoms with E-state index in [4.69, 9.17) is 5.73 Å². The van der Waals surface area contributed by atoms with Crippen LogP contribution in [0.1, 0.15) is 31.2 Å². The lowest BCUT2D eigenvalue weighted by Gasteiger charge is -2.24. The molecule has 1 aromatic rings. The monoisotopic (exact) mass is 230 g/mol. The fourth-order valence-electron chi connectivity index (χ4n) is 3.37. The smallest absolute Gasteiger partial charge is 0.234 e. The third-order valence-electron chi connectivity index (χ3n) is 4.53. The van der Waals surface area contributed by atoms with Gasteiger partial charge >= 0.3 is 0 Å². The number of hydrogen-bond donors (Lipinski definition) is 2. The highest BCUT2D eigenvalue weighted by Gasteiger charge is 2.63. The number of hydrogen-bond acceptors (Lipinski definition) is 2. The van der Waals surface area contributed by atoms with Crippen LogP contribution in [0, 0.1) is 5.92 Å². The molecular formula is C14H18N2O. The van der Waals surface area contributed by atoms with E-state index >= 15 is 0 Å². The largest absolute Gasteiger partial charge is 0.368 e. The van der Waals surface area contributed by atoms with Crippen molar-refractivity contribution in [2.45, 2.75) is 37.3 Å². The summed E-state index contributed by atoms with van der Waals surface area (Å²) < 4.78 is 0. The van der Waals surface area contributed by atoms with Crippen molar-refractivity contribution in [2.75, 3.05) is 0 Å². The average Bonchev–Trinajstić information content (AvgIpc) is 2.92. The van der Waals surface area contributed by atoms with Gasteiger partial charge < -0.3 is 5.73 Å². The van der Waals surface area contributed by atoms with Gasteiger partial charge in [-0.1, -0.05) is 37.3 Å². The van der Waals surface area contributed by atoms with Crippen molar-refractivity contribution < 1.29 is 4.79 Å². The molecule has 1 amide bonds. The van der Waals surface area contributed by atoms with E-state index in [0.717, 1.165) is 6.42 Å². The van der Waals surface area contributed by atoms with Gasteiger partial charge in [0.25, 0.3) is 0 Å². The molecule has 3 nitrogen and oxygen atoms in total. The van der Waals surface area contributed by atoms with Crippen LogP contribution in [0.25, 0.3) is 0 Å². The molecule has 1 saturated heterocycles. The first-order valence-corrected chi connectivity index (χ1v) is 6.25. The Balaban J connectivity index is 1.81. The summed E-state index contributed by atoms with van der Waals surface area (Å²) in [5, 5.41) is 3.46. The second-order valence-corrected chi connectivity index (χ2v) is 5.41. The molecule has 0 spiro atoms. The summed E-state index contributed by atoms with van der Waals surface area (Å²) in [6.45, 7) is 2.24. The zero-order chi connectivity index (χ0) is 12.0. The van der Waals surface area contributed by atoms with Crippen molar-refractivity contribution in [3.8, 4) is 0 Å². The fraction of sp³-hybridized carbons (Fsp3) is 0.500. The van der Waals surface area contributed by atoms with Gasteiger partial charge in [-0.25, -0.2) is 0 Å². The van der Waals surface area contributed by atoms with Crippen LogP contribution in [0.5, 0.6) is 0 Å². The molecule has 17 heavy (non-hydrogen) atoms. The molecule has 1 aromatic carbocycles. The molecule has 0 bridgehead atoms. The molecule has 0 aromatic heterocycles. The first kappa shape index (κ1) is 10.8. The van der Waals surface area contributed by atoms with E-state index in [0.29, 0.717) is 11.8 Å². The summed E-state index contributed by atoms with van der Waals surface area (Å²) in [5.41, 5.74) is 6.84. The van der Waals surface area contributed by atoms with Gasteiger partial charge in [-0.2, -0.15) is 0 Å². The molecule has 3 N–H and O–H groups in total. The van der Waals surface area contributed by atoms with Gasteiger partial charge in [0.1, 0.15) is 0 Å².